The van der Waals surface area contributed by atoms with Gasteiger partial charge in [0.25, 0.3) is 0 Å². The Labute approximate surface area is 145 Å². The first-order chi connectivity index (χ1) is 11.7. The van der Waals surface area contributed by atoms with Crippen LogP contribution in [0.4, 0.5) is 0 Å². The fourth-order valence-corrected chi connectivity index (χ4v) is 5.47. The van der Waals surface area contributed by atoms with Crippen LogP contribution in [0.25, 0.3) is 5.57 Å². The van der Waals surface area contributed by atoms with Gasteiger partial charge in [-0.2, -0.15) is 0 Å². The third-order valence-electron chi connectivity index (χ3n) is 7.11. The van der Waals surface area contributed by atoms with Crippen LogP contribution in [0.3, 0.4) is 0 Å². The molecule has 1 aliphatic heterocycles. The third kappa shape index (κ3) is 1.42. The monoisotopic (exact) mass is 340 g/mol. The molecule has 3 aliphatic carbocycles. The average Bonchev–Trinajstić information content (AvgIpc) is 3.20. The summed E-state index contributed by atoms with van der Waals surface area (Å²) in [6.07, 6.45) is 5.22. The summed E-state index contributed by atoms with van der Waals surface area (Å²) in [4.78, 5) is 25.7. The molecule has 2 heterocycles. The minimum Gasteiger partial charge on any atom is -0.472 e. The van der Waals surface area contributed by atoms with E-state index in [9.17, 15) is 14.7 Å². The Morgan fingerprint density at radius 1 is 1.28 bits per heavy atom. The van der Waals surface area contributed by atoms with Crippen LogP contribution in [0.1, 0.15) is 39.2 Å². The van der Waals surface area contributed by atoms with Gasteiger partial charge >= 0.3 is 5.97 Å². The van der Waals surface area contributed by atoms with Gasteiger partial charge in [0.15, 0.2) is 5.78 Å². The number of allylic oxidation sites excluding steroid dienone is 3. The van der Waals surface area contributed by atoms with E-state index >= 15 is 0 Å². The van der Waals surface area contributed by atoms with Crippen LogP contribution in [0.5, 0.6) is 0 Å². The number of rotatable bonds is 1. The van der Waals surface area contributed by atoms with Gasteiger partial charge < -0.3 is 14.3 Å². The molecule has 2 fully saturated rings. The highest BCUT2D eigenvalue weighted by atomic mass is 16.6. The van der Waals surface area contributed by atoms with Gasteiger partial charge in [-0.05, 0) is 36.5 Å². The minimum absolute atomic E-state index is 0.0304. The first kappa shape index (κ1) is 15.1. The smallest absolute Gasteiger partial charge is 0.316 e. The van der Waals surface area contributed by atoms with Crippen molar-refractivity contribution in [3.8, 4) is 0 Å². The number of ether oxygens (including phenoxy) is 1. The Morgan fingerprint density at radius 2 is 2.04 bits per heavy atom. The third-order valence-corrected chi connectivity index (χ3v) is 7.11. The number of Topliss-reactive ketones (excluding diaryl/α,β-unsaturated/α-hetero) is 1. The van der Waals surface area contributed by atoms with Crippen molar-refractivity contribution in [3.63, 3.8) is 0 Å². The van der Waals surface area contributed by atoms with E-state index in [4.69, 9.17) is 9.15 Å². The summed E-state index contributed by atoms with van der Waals surface area (Å²) in [6.45, 7) is 5.81. The van der Waals surface area contributed by atoms with Crippen LogP contribution in [0.15, 0.2) is 40.2 Å². The molecule has 5 nitrogen and oxygen atoms in total. The zero-order chi connectivity index (χ0) is 17.8. The highest BCUT2D eigenvalue weighted by Crippen LogP contribution is 2.68. The average molecular weight is 340 g/mol. The lowest BCUT2D eigenvalue weighted by Crippen LogP contribution is -2.62. The number of hydrogen-bond acceptors (Lipinski definition) is 5. The van der Waals surface area contributed by atoms with Crippen molar-refractivity contribution in [2.75, 3.05) is 0 Å². The molecule has 130 valence electrons. The molecule has 0 amide bonds. The van der Waals surface area contributed by atoms with Crippen molar-refractivity contribution in [3.05, 3.63) is 41.4 Å². The molecule has 4 aliphatic rings. The first-order valence-electron chi connectivity index (χ1n) is 8.71. The number of carbonyl (C=O) groups is 2. The lowest BCUT2D eigenvalue weighted by atomic mass is 9.50. The summed E-state index contributed by atoms with van der Waals surface area (Å²) in [5.74, 6) is -0.439. The molecular weight excluding hydrogens is 320 g/mol. The number of carbonyl (C=O) groups excluding carboxylic acids is 2. The molecule has 5 atom stereocenters. The molecule has 25 heavy (non-hydrogen) atoms. The van der Waals surface area contributed by atoms with E-state index < -0.39 is 28.5 Å². The van der Waals surface area contributed by atoms with Crippen molar-refractivity contribution in [1.29, 1.82) is 0 Å². The predicted octanol–water partition coefficient (Wildman–Crippen LogP) is 2.65. The number of aliphatic hydroxyl groups is 1. The molecule has 0 radical (unpaired) electrons. The van der Waals surface area contributed by atoms with Crippen LogP contribution >= 0.6 is 0 Å². The Kier molecular flexibility index (Phi) is 2.52. The summed E-state index contributed by atoms with van der Waals surface area (Å²) in [6, 6.07) is 1.82. The normalized spacial score (nSPS) is 44.7. The number of hydrogen-bond donors (Lipinski definition) is 1. The summed E-state index contributed by atoms with van der Waals surface area (Å²) in [5.41, 5.74) is -0.279. The number of ketones is 1. The van der Waals surface area contributed by atoms with Crippen molar-refractivity contribution in [1.82, 2.24) is 0 Å². The van der Waals surface area contributed by atoms with Crippen molar-refractivity contribution in [2.24, 2.45) is 16.7 Å². The molecule has 1 saturated carbocycles. The van der Waals surface area contributed by atoms with E-state index in [1.54, 1.807) is 19.5 Å². The van der Waals surface area contributed by atoms with Gasteiger partial charge in [0.1, 0.15) is 17.1 Å². The molecule has 1 saturated heterocycles. The van der Waals surface area contributed by atoms with Gasteiger partial charge in [0.05, 0.1) is 12.5 Å². The minimum atomic E-state index is -1.43. The van der Waals surface area contributed by atoms with Gasteiger partial charge in [-0.1, -0.05) is 19.9 Å². The zero-order valence-corrected chi connectivity index (χ0v) is 14.5. The van der Waals surface area contributed by atoms with Gasteiger partial charge in [-0.15, -0.1) is 0 Å². The molecule has 0 bridgehead atoms. The highest BCUT2D eigenvalue weighted by Gasteiger charge is 2.75. The van der Waals surface area contributed by atoms with Crippen LogP contribution in [-0.4, -0.2) is 28.6 Å². The molecule has 1 aromatic heterocycles. The maximum absolute atomic E-state index is 13.1. The molecule has 1 aromatic rings. The quantitative estimate of drug-likeness (QED) is 0.795. The predicted molar refractivity (Wildman–Crippen MR) is 88.2 cm³/mol. The first-order valence-corrected chi connectivity index (χ1v) is 8.71. The standard InChI is InChI=1S/C20H20O5/c1-10-6-14-20(23)16-15(13(21)8-19(20,3)17(22)25-14)12(7-18(10,16)2)11-4-5-24-9-11/h4-5,7,9-10,14,23H,6,8H2,1-3H3/t10-,14-,18+,19-,20+/m1/s1. The maximum atomic E-state index is 13.1. The van der Waals surface area contributed by atoms with Gasteiger partial charge in [-0.3, -0.25) is 9.59 Å². The fourth-order valence-electron chi connectivity index (χ4n) is 5.47. The van der Waals surface area contributed by atoms with Gasteiger partial charge in [-0.25, -0.2) is 0 Å². The van der Waals surface area contributed by atoms with Crippen molar-refractivity contribution >= 4 is 17.3 Å². The molecule has 1 N–H and O–H groups in total. The molecular formula is C20H20O5. The van der Waals surface area contributed by atoms with E-state index in [1.807, 2.05) is 6.07 Å². The van der Waals surface area contributed by atoms with Crippen LogP contribution in [0.2, 0.25) is 0 Å². The number of furan rings is 1. The lowest BCUT2D eigenvalue weighted by Gasteiger charge is -2.53. The lowest BCUT2D eigenvalue weighted by molar-refractivity contribution is -0.150. The van der Waals surface area contributed by atoms with Crippen LogP contribution in [-0.2, 0) is 14.3 Å². The van der Waals surface area contributed by atoms with E-state index in [2.05, 4.69) is 19.9 Å². The van der Waals surface area contributed by atoms with E-state index in [-0.39, 0.29) is 18.1 Å². The van der Waals surface area contributed by atoms with Gasteiger partial charge in [0, 0.05) is 23.0 Å². The molecule has 5 heteroatoms. The van der Waals surface area contributed by atoms with Crippen LogP contribution < -0.4 is 0 Å². The second kappa shape index (κ2) is 4.15. The second-order valence-corrected chi connectivity index (χ2v) is 8.33. The van der Waals surface area contributed by atoms with E-state index in [0.29, 0.717) is 17.6 Å². The topological polar surface area (TPSA) is 76.7 Å². The Hall–Kier alpha value is -2.14. The SMILES string of the molecule is C[C@@H]1C[C@H]2OC(=O)[C@@]3(C)CC(=O)C4=C([C@@]23O)[C@@]1(C)C=C4c1ccoc1. The summed E-state index contributed by atoms with van der Waals surface area (Å²) >= 11 is 0. The molecule has 5 rings (SSSR count). The maximum Gasteiger partial charge on any atom is 0.316 e. The van der Waals surface area contributed by atoms with E-state index in [0.717, 1.165) is 11.1 Å². The second-order valence-electron chi connectivity index (χ2n) is 8.33. The molecule has 0 aromatic carbocycles. The Morgan fingerprint density at radius 3 is 2.72 bits per heavy atom. The van der Waals surface area contributed by atoms with Gasteiger partial charge in [0.2, 0.25) is 0 Å². The van der Waals surface area contributed by atoms with Crippen molar-refractivity contribution in [2.45, 2.75) is 45.3 Å². The Balaban J connectivity index is 1.86. The fraction of sp³-hybridized carbons (Fsp3) is 0.500. The molecule has 0 unspecified atom stereocenters. The largest absolute Gasteiger partial charge is 0.472 e. The Bertz CT molecular complexity index is 891. The zero-order valence-electron chi connectivity index (χ0n) is 14.5. The molecule has 0 spiro atoms. The van der Waals surface area contributed by atoms with E-state index in [1.165, 1.54) is 0 Å². The summed E-state index contributed by atoms with van der Waals surface area (Å²) in [7, 11) is 0. The van der Waals surface area contributed by atoms with Crippen LogP contribution in [0, 0.1) is 16.7 Å². The highest BCUT2D eigenvalue weighted by molar-refractivity contribution is 6.16. The summed E-state index contributed by atoms with van der Waals surface area (Å²) in [5, 5.41) is 11.8. The van der Waals surface area contributed by atoms with Crippen molar-refractivity contribution < 1.29 is 23.8 Å². The number of esters is 1. The summed E-state index contributed by atoms with van der Waals surface area (Å²) < 4.78 is 10.8.